The molecular weight excluding hydrogens is 246 g/mol. The number of benzene rings is 1. The van der Waals surface area contributed by atoms with E-state index in [1.165, 1.54) is 24.3 Å². The molecule has 1 aliphatic rings. The number of carboxylic acids is 1. The lowest BCUT2D eigenvalue weighted by atomic mass is 9.86. The number of carbonyl (C=O) groups excluding carboxylic acids is 2. The smallest absolute Gasteiger partial charge is 0.335 e. The van der Waals surface area contributed by atoms with Gasteiger partial charge in [-0.2, -0.15) is 0 Å². The summed E-state index contributed by atoms with van der Waals surface area (Å²) in [7, 11) is 0. The number of nitrogens with zero attached hydrogens (tertiary/aromatic N) is 1. The SMILES string of the molecule is CC[C@]1(C)CC(=O)N(c2ccc(C(=O)O)cc2)C1=O. The Kier molecular flexibility index (Phi) is 3.14. The summed E-state index contributed by atoms with van der Waals surface area (Å²) in [5, 5.41) is 8.82. The molecule has 0 unspecified atom stereocenters. The van der Waals surface area contributed by atoms with Crippen LogP contribution in [-0.2, 0) is 9.59 Å². The van der Waals surface area contributed by atoms with E-state index >= 15 is 0 Å². The highest BCUT2D eigenvalue weighted by molar-refractivity contribution is 6.22. The van der Waals surface area contributed by atoms with Crippen LogP contribution in [0.25, 0.3) is 0 Å². The van der Waals surface area contributed by atoms with Gasteiger partial charge in [0.1, 0.15) is 0 Å². The molecule has 1 heterocycles. The Morgan fingerprint density at radius 2 is 1.89 bits per heavy atom. The first kappa shape index (κ1) is 13.3. The van der Waals surface area contributed by atoms with E-state index in [1.807, 2.05) is 6.92 Å². The molecule has 1 fully saturated rings. The fourth-order valence-electron chi connectivity index (χ4n) is 2.16. The van der Waals surface area contributed by atoms with E-state index in [-0.39, 0.29) is 23.8 Å². The Balaban J connectivity index is 2.34. The minimum atomic E-state index is -1.04. The van der Waals surface area contributed by atoms with Crippen LogP contribution in [0.3, 0.4) is 0 Å². The topological polar surface area (TPSA) is 74.7 Å². The summed E-state index contributed by atoms with van der Waals surface area (Å²) in [6.07, 6.45) is 0.796. The first-order valence-electron chi connectivity index (χ1n) is 6.10. The summed E-state index contributed by atoms with van der Waals surface area (Å²) in [5.74, 6) is -1.50. The predicted octanol–water partition coefficient (Wildman–Crippen LogP) is 2.06. The molecule has 5 heteroatoms. The quantitative estimate of drug-likeness (QED) is 0.845. The van der Waals surface area contributed by atoms with Crippen molar-refractivity contribution in [3.8, 4) is 0 Å². The van der Waals surface area contributed by atoms with E-state index in [0.717, 1.165) is 4.90 Å². The predicted molar refractivity (Wildman–Crippen MR) is 68.9 cm³/mol. The maximum atomic E-state index is 12.3. The number of imide groups is 1. The molecule has 5 nitrogen and oxygen atoms in total. The van der Waals surface area contributed by atoms with Gasteiger partial charge in [0.15, 0.2) is 0 Å². The maximum Gasteiger partial charge on any atom is 0.335 e. The summed E-state index contributed by atoms with van der Waals surface area (Å²) in [5.41, 5.74) is -0.0963. The number of hydrogen-bond acceptors (Lipinski definition) is 3. The molecule has 1 saturated heterocycles. The number of rotatable bonds is 3. The minimum Gasteiger partial charge on any atom is -0.478 e. The Morgan fingerprint density at radius 1 is 1.32 bits per heavy atom. The molecule has 0 aromatic heterocycles. The summed E-state index contributed by atoms with van der Waals surface area (Å²) in [4.78, 5) is 36.2. The Bertz CT molecular complexity index is 549. The minimum absolute atomic E-state index is 0.126. The van der Waals surface area contributed by atoms with E-state index in [0.29, 0.717) is 12.1 Å². The number of hydrogen-bond donors (Lipinski definition) is 1. The Morgan fingerprint density at radius 3 is 2.32 bits per heavy atom. The molecule has 1 N–H and O–H groups in total. The summed E-state index contributed by atoms with van der Waals surface area (Å²) < 4.78 is 0. The van der Waals surface area contributed by atoms with Crippen molar-refractivity contribution in [1.29, 1.82) is 0 Å². The van der Waals surface area contributed by atoms with Crippen molar-refractivity contribution in [3.05, 3.63) is 29.8 Å². The fraction of sp³-hybridized carbons (Fsp3) is 0.357. The normalized spacial score (nSPS) is 22.9. The molecule has 2 amide bonds. The first-order chi connectivity index (χ1) is 8.89. The molecule has 0 aliphatic carbocycles. The first-order valence-corrected chi connectivity index (χ1v) is 6.10. The average molecular weight is 261 g/mol. The van der Waals surface area contributed by atoms with Crippen molar-refractivity contribution in [2.45, 2.75) is 26.7 Å². The lowest BCUT2D eigenvalue weighted by Gasteiger charge is -2.20. The van der Waals surface area contributed by atoms with Crippen molar-refractivity contribution in [1.82, 2.24) is 0 Å². The van der Waals surface area contributed by atoms with Crippen LogP contribution in [0.4, 0.5) is 5.69 Å². The maximum absolute atomic E-state index is 12.3. The van der Waals surface area contributed by atoms with Crippen LogP contribution in [0.15, 0.2) is 24.3 Å². The fourth-order valence-corrected chi connectivity index (χ4v) is 2.16. The molecule has 19 heavy (non-hydrogen) atoms. The zero-order valence-corrected chi connectivity index (χ0v) is 10.8. The van der Waals surface area contributed by atoms with Crippen LogP contribution < -0.4 is 4.90 Å². The molecule has 100 valence electrons. The summed E-state index contributed by atoms with van der Waals surface area (Å²) >= 11 is 0. The van der Waals surface area contributed by atoms with E-state index in [9.17, 15) is 14.4 Å². The van der Waals surface area contributed by atoms with Gasteiger partial charge in [-0.25, -0.2) is 4.79 Å². The lowest BCUT2D eigenvalue weighted by Crippen LogP contribution is -2.33. The third kappa shape index (κ3) is 2.12. The van der Waals surface area contributed by atoms with Gasteiger partial charge in [-0.15, -0.1) is 0 Å². The van der Waals surface area contributed by atoms with Gasteiger partial charge in [0.25, 0.3) is 0 Å². The average Bonchev–Trinajstić information content (AvgIpc) is 2.61. The Hall–Kier alpha value is -2.17. The van der Waals surface area contributed by atoms with Crippen LogP contribution in [0.5, 0.6) is 0 Å². The highest BCUT2D eigenvalue weighted by Crippen LogP contribution is 2.38. The van der Waals surface area contributed by atoms with Crippen LogP contribution >= 0.6 is 0 Å². The van der Waals surface area contributed by atoms with Crippen molar-refractivity contribution >= 4 is 23.5 Å². The number of anilines is 1. The molecule has 0 spiro atoms. The summed E-state index contributed by atoms with van der Waals surface area (Å²) in [6.45, 7) is 3.65. The number of amides is 2. The molecule has 0 saturated carbocycles. The second-order valence-corrected chi connectivity index (χ2v) is 4.98. The monoisotopic (exact) mass is 261 g/mol. The molecule has 1 atom stereocenters. The number of carbonyl (C=O) groups is 3. The van der Waals surface area contributed by atoms with E-state index in [2.05, 4.69) is 0 Å². The molecule has 0 radical (unpaired) electrons. The van der Waals surface area contributed by atoms with Crippen molar-refractivity contribution in [2.24, 2.45) is 5.41 Å². The van der Waals surface area contributed by atoms with E-state index < -0.39 is 11.4 Å². The zero-order chi connectivity index (χ0) is 14.2. The van der Waals surface area contributed by atoms with Gasteiger partial charge in [0.2, 0.25) is 11.8 Å². The second-order valence-electron chi connectivity index (χ2n) is 4.98. The van der Waals surface area contributed by atoms with Gasteiger partial charge < -0.3 is 5.11 Å². The van der Waals surface area contributed by atoms with Crippen LogP contribution in [0, 0.1) is 5.41 Å². The molecular formula is C14H15NO4. The lowest BCUT2D eigenvalue weighted by molar-refractivity contribution is -0.125. The van der Waals surface area contributed by atoms with E-state index in [1.54, 1.807) is 6.92 Å². The van der Waals surface area contributed by atoms with Crippen molar-refractivity contribution in [2.75, 3.05) is 4.90 Å². The van der Waals surface area contributed by atoms with E-state index in [4.69, 9.17) is 5.11 Å². The largest absolute Gasteiger partial charge is 0.478 e. The van der Waals surface area contributed by atoms with Crippen LogP contribution in [-0.4, -0.2) is 22.9 Å². The second kappa shape index (κ2) is 4.50. The van der Waals surface area contributed by atoms with Gasteiger partial charge in [-0.1, -0.05) is 13.8 Å². The molecule has 1 aliphatic heterocycles. The van der Waals surface area contributed by atoms with Gasteiger partial charge in [0.05, 0.1) is 16.7 Å². The molecule has 1 aromatic rings. The number of aromatic carboxylic acids is 1. The van der Waals surface area contributed by atoms with Crippen molar-refractivity contribution < 1.29 is 19.5 Å². The van der Waals surface area contributed by atoms with Gasteiger partial charge in [-0.3, -0.25) is 14.5 Å². The van der Waals surface area contributed by atoms with Gasteiger partial charge >= 0.3 is 5.97 Å². The van der Waals surface area contributed by atoms with Crippen LogP contribution in [0.2, 0.25) is 0 Å². The summed E-state index contributed by atoms with van der Waals surface area (Å²) in [6, 6.07) is 5.75. The van der Waals surface area contributed by atoms with Gasteiger partial charge in [-0.05, 0) is 30.7 Å². The molecule has 0 bridgehead atoms. The number of carboxylic acid groups (broad SMARTS) is 1. The standard InChI is InChI=1S/C14H15NO4/c1-3-14(2)8-11(16)15(13(14)19)10-6-4-9(5-7-10)12(17)18/h4-7H,3,8H2,1-2H3,(H,17,18)/t14-/m1/s1. The van der Waals surface area contributed by atoms with Crippen LogP contribution in [0.1, 0.15) is 37.0 Å². The zero-order valence-electron chi connectivity index (χ0n) is 10.8. The molecule has 2 rings (SSSR count). The third-order valence-electron chi connectivity index (χ3n) is 3.66. The van der Waals surface area contributed by atoms with Gasteiger partial charge in [0, 0.05) is 6.42 Å². The van der Waals surface area contributed by atoms with Crippen molar-refractivity contribution in [3.63, 3.8) is 0 Å². The third-order valence-corrected chi connectivity index (χ3v) is 3.66. The molecule has 1 aromatic carbocycles. The Labute approximate surface area is 110 Å². The highest BCUT2D eigenvalue weighted by Gasteiger charge is 2.47. The highest BCUT2D eigenvalue weighted by atomic mass is 16.4.